The molecule has 3 nitrogen and oxygen atoms in total. The third-order valence-corrected chi connectivity index (χ3v) is 2.75. The largest absolute Gasteiger partial charge is 0.454 e. The molecule has 2 N–H and O–H groups in total. The van der Waals surface area contributed by atoms with Crippen LogP contribution in [0, 0.1) is 0 Å². The van der Waals surface area contributed by atoms with Crippen molar-refractivity contribution in [1.82, 2.24) is 0 Å². The molecule has 1 aromatic carbocycles. The van der Waals surface area contributed by atoms with Gasteiger partial charge in [0.05, 0.1) is 4.47 Å². The maximum atomic E-state index is 5.46. The molecule has 1 heterocycles. The van der Waals surface area contributed by atoms with E-state index in [1.807, 2.05) is 6.07 Å². The van der Waals surface area contributed by atoms with Crippen LogP contribution in [-0.2, 0) is 6.42 Å². The predicted molar refractivity (Wildman–Crippen MR) is 57.6 cm³/mol. The molecule has 2 rings (SSSR count). The second kappa shape index (κ2) is 4.19. The van der Waals surface area contributed by atoms with Gasteiger partial charge in [-0.05, 0) is 53.0 Å². The topological polar surface area (TPSA) is 44.5 Å². The van der Waals surface area contributed by atoms with Gasteiger partial charge in [0.2, 0.25) is 6.79 Å². The van der Waals surface area contributed by atoms with E-state index in [0.29, 0.717) is 13.3 Å². The van der Waals surface area contributed by atoms with Gasteiger partial charge in [0, 0.05) is 0 Å². The molecule has 1 aliphatic heterocycles. The van der Waals surface area contributed by atoms with E-state index in [-0.39, 0.29) is 0 Å². The van der Waals surface area contributed by atoms with Crippen LogP contribution in [0.4, 0.5) is 0 Å². The van der Waals surface area contributed by atoms with E-state index in [4.69, 9.17) is 15.2 Å². The van der Waals surface area contributed by atoms with E-state index in [1.54, 1.807) is 0 Å². The fourth-order valence-electron chi connectivity index (χ4n) is 1.47. The molecule has 0 bridgehead atoms. The minimum absolute atomic E-state index is 0.314. The summed E-state index contributed by atoms with van der Waals surface area (Å²) in [6.07, 6.45) is 1.97. The van der Waals surface area contributed by atoms with E-state index in [0.717, 1.165) is 28.8 Å². The molecule has 1 aliphatic rings. The Hall–Kier alpha value is -0.740. The summed E-state index contributed by atoms with van der Waals surface area (Å²) in [5.41, 5.74) is 6.69. The second-order valence-corrected chi connectivity index (χ2v) is 4.06. The second-order valence-electron chi connectivity index (χ2n) is 3.20. The van der Waals surface area contributed by atoms with Crippen LogP contribution >= 0.6 is 15.9 Å². The summed E-state index contributed by atoms with van der Waals surface area (Å²) in [5.74, 6) is 1.63. The van der Waals surface area contributed by atoms with Crippen molar-refractivity contribution in [3.63, 3.8) is 0 Å². The number of benzene rings is 1. The molecule has 0 fully saturated rings. The van der Waals surface area contributed by atoms with Crippen LogP contribution in [0.3, 0.4) is 0 Å². The number of ether oxygens (including phenoxy) is 2. The van der Waals surface area contributed by atoms with Gasteiger partial charge in [-0.25, -0.2) is 0 Å². The highest BCUT2D eigenvalue weighted by atomic mass is 79.9. The quantitative estimate of drug-likeness (QED) is 0.902. The third kappa shape index (κ3) is 1.86. The lowest BCUT2D eigenvalue weighted by atomic mass is 10.1. The summed E-state index contributed by atoms with van der Waals surface area (Å²) in [5, 5.41) is 0. The number of rotatable bonds is 3. The van der Waals surface area contributed by atoms with Crippen molar-refractivity contribution in [2.24, 2.45) is 5.73 Å². The number of halogens is 1. The summed E-state index contributed by atoms with van der Waals surface area (Å²) >= 11 is 3.45. The highest BCUT2D eigenvalue weighted by molar-refractivity contribution is 9.10. The molecule has 0 radical (unpaired) electrons. The molecule has 0 aromatic heterocycles. The summed E-state index contributed by atoms with van der Waals surface area (Å²) in [6, 6.07) is 4.08. The monoisotopic (exact) mass is 257 g/mol. The maximum absolute atomic E-state index is 5.46. The Bertz CT molecular complexity index is 341. The van der Waals surface area contributed by atoms with Crippen LogP contribution in [0.15, 0.2) is 16.6 Å². The lowest BCUT2D eigenvalue weighted by Gasteiger charge is -2.04. The Morgan fingerprint density at radius 1 is 1.36 bits per heavy atom. The van der Waals surface area contributed by atoms with Crippen molar-refractivity contribution in [1.29, 1.82) is 0 Å². The fraction of sp³-hybridized carbons (Fsp3) is 0.400. The third-order valence-electron chi connectivity index (χ3n) is 2.16. The van der Waals surface area contributed by atoms with Gasteiger partial charge in [0.15, 0.2) is 11.5 Å². The van der Waals surface area contributed by atoms with Crippen molar-refractivity contribution in [2.75, 3.05) is 13.3 Å². The molecule has 0 saturated carbocycles. The van der Waals surface area contributed by atoms with Crippen molar-refractivity contribution in [2.45, 2.75) is 12.8 Å². The first kappa shape index (κ1) is 9.80. The number of aryl methyl sites for hydroxylation is 1. The van der Waals surface area contributed by atoms with Gasteiger partial charge in [-0.3, -0.25) is 0 Å². The molecule has 0 atom stereocenters. The SMILES string of the molecule is NCCCc1cc(Br)c2c(c1)OCO2. The lowest BCUT2D eigenvalue weighted by Crippen LogP contribution is -2.00. The molecule has 0 unspecified atom stereocenters. The van der Waals surface area contributed by atoms with Crippen LogP contribution in [0.25, 0.3) is 0 Å². The van der Waals surface area contributed by atoms with Crippen molar-refractivity contribution in [3.05, 3.63) is 22.2 Å². The predicted octanol–water partition coefficient (Wildman–Crippen LogP) is 2.07. The van der Waals surface area contributed by atoms with Gasteiger partial charge in [-0.1, -0.05) is 0 Å². The van der Waals surface area contributed by atoms with Gasteiger partial charge in [0.1, 0.15) is 0 Å². The first-order valence-corrected chi connectivity index (χ1v) is 5.38. The van der Waals surface area contributed by atoms with Gasteiger partial charge in [-0.2, -0.15) is 0 Å². The normalized spacial score (nSPS) is 13.3. The number of hydrogen-bond acceptors (Lipinski definition) is 3. The van der Waals surface area contributed by atoms with Gasteiger partial charge < -0.3 is 15.2 Å². The van der Waals surface area contributed by atoms with Crippen molar-refractivity contribution in [3.8, 4) is 11.5 Å². The zero-order valence-electron chi connectivity index (χ0n) is 7.75. The van der Waals surface area contributed by atoms with E-state index >= 15 is 0 Å². The van der Waals surface area contributed by atoms with Crippen LogP contribution < -0.4 is 15.2 Å². The molecule has 76 valence electrons. The fourth-order valence-corrected chi connectivity index (χ4v) is 2.08. The Kier molecular flexibility index (Phi) is 2.93. The Morgan fingerprint density at radius 3 is 3.00 bits per heavy atom. The summed E-state index contributed by atoms with van der Waals surface area (Å²) in [7, 11) is 0. The summed E-state index contributed by atoms with van der Waals surface area (Å²) in [4.78, 5) is 0. The van der Waals surface area contributed by atoms with Gasteiger partial charge >= 0.3 is 0 Å². The number of hydrogen-bond donors (Lipinski definition) is 1. The molecule has 4 heteroatoms. The lowest BCUT2D eigenvalue weighted by molar-refractivity contribution is 0.173. The zero-order valence-corrected chi connectivity index (χ0v) is 9.34. The molecule has 0 spiro atoms. The zero-order chi connectivity index (χ0) is 9.97. The van der Waals surface area contributed by atoms with Crippen LogP contribution in [0.5, 0.6) is 11.5 Å². The molecule has 0 amide bonds. The molecule has 1 aromatic rings. The highest BCUT2D eigenvalue weighted by Gasteiger charge is 2.17. The van der Waals surface area contributed by atoms with Crippen LogP contribution in [0.2, 0.25) is 0 Å². The molecular formula is C10H12BrNO2. The van der Waals surface area contributed by atoms with Crippen LogP contribution in [0.1, 0.15) is 12.0 Å². The van der Waals surface area contributed by atoms with Gasteiger partial charge in [-0.15, -0.1) is 0 Å². The average Bonchev–Trinajstić information content (AvgIpc) is 2.63. The minimum atomic E-state index is 0.314. The van der Waals surface area contributed by atoms with Crippen molar-refractivity contribution >= 4 is 15.9 Å². The van der Waals surface area contributed by atoms with E-state index in [2.05, 4.69) is 22.0 Å². The molecule has 0 aliphatic carbocycles. The maximum Gasteiger partial charge on any atom is 0.231 e. The molecule has 0 saturated heterocycles. The number of fused-ring (bicyclic) bond motifs is 1. The number of nitrogens with two attached hydrogens (primary N) is 1. The Balaban J connectivity index is 2.23. The van der Waals surface area contributed by atoms with Gasteiger partial charge in [0.25, 0.3) is 0 Å². The first-order valence-electron chi connectivity index (χ1n) is 4.59. The summed E-state index contributed by atoms with van der Waals surface area (Å²) in [6.45, 7) is 1.03. The molecular weight excluding hydrogens is 246 g/mol. The van der Waals surface area contributed by atoms with Crippen LogP contribution in [-0.4, -0.2) is 13.3 Å². The van der Waals surface area contributed by atoms with E-state index in [1.165, 1.54) is 5.56 Å². The average molecular weight is 258 g/mol. The highest BCUT2D eigenvalue weighted by Crippen LogP contribution is 2.40. The van der Waals surface area contributed by atoms with E-state index in [9.17, 15) is 0 Å². The minimum Gasteiger partial charge on any atom is -0.454 e. The Morgan fingerprint density at radius 2 is 2.21 bits per heavy atom. The smallest absolute Gasteiger partial charge is 0.231 e. The Labute approximate surface area is 91.3 Å². The first-order chi connectivity index (χ1) is 6.81. The van der Waals surface area contributed by atoms with E-state index < -0.39 is 0 Å². The summed E-state index contributed by atoms with van der Waals surface area (Å²) < 4.78 is 11.6. The van der Waals surface area contributed by atoms with Crippen molar-refractivity contribution < 1.29 is 9.47 Å². The molecule has 14 heavy (non-hydrogen) atoms. The standard InChI is InChI=1S/C10H12BrNO2/c11-8-4-7(2-1-3-12)5-9-10(8)14-6-13-9/h4-5H,1-3,6,12H2.